The Bertz CT molecular complexity index is 651. The topological polar surface area (TPSA) is 56.0 Å². The third-order valence-corrected chi connectivity index (χ3v) is 4.12. The number of carbonyl (C=O) groups is 1. The van der Waals surface area contributed by atoms with Crippen molar-refractivity contribution >= 4 is 33.4 Å². The van der Waals surface area contributed by atoms with Crippen LogP contribution >= 0.6 is 27.5 Å². The van der Waals surface area contributed by atoms with E-state index in [1.807, 2.05) is 13.8 Å². The van der Waals surface area contributed by atoms with E-state index in [1.54, 1.807) is 33.7 Å². The lowest BCUT2D eigenvalue weighted by atomic mass is 10.3. The Balaban J connectivity index is 2.23. The summed E-state index contributed by atoms with van der Waals surface area (Å²) in [5, 5.41) is 8.91. The number of nitrogens with zero attached hydrogens (tertiary/aromatic N) is 5. The van der Waals surface area contributed by atoms with Crippen molar-refractivity contribution in [1.82, 2.24) is 24.5 Å². The molecule has 0 unspecified atom stereocenters. The van der Waals surface area contributed by atoms with Crippen LogP contribution < -0.4 is 0 Å². The first-order chi connectivity index (χ1) is 9.99. The summed E-state index contributed by atoms with van der Waals surface area (Å²) in [5.74, 6) is -0.110. The van der Waals surface area contributed by atoms with Crippen molar-refractivity contribution in [1.29, 1.82) is 0 Å². The maximum absolute atomic E-state index is 12.6. The molecule has 114 valence electrons. The van der Waals surface area contributed by atoms with Crippen LogP contribution in [-0.4, -0.2) is 37.4 Å². The van der Waals surface area contributed by atoms with Crippen LogP contribution in [0.25, 0.3) is 0 Å². The third-order valence-electron chi connectivity index (χ3n) is 3.23. The van der Waals surface area contributed by atoms with Gasteiger partial charge in [-0.15, -0.1) is 0 Å². The van der Waals surface area contributed by atoms with Gasteiger partial charge in [0.1, 0.15) is 5.69 Å². The van der Waals surface area contributed by atoms with Gasteiger partial charge >= 0.3 is 0 Å². The molecule has 0 bridgehead atoms. The van der Waals surface area contributed by atoms with Crippen molar-refractivity contribution in [3.05, 3.63) is 33.3 Å². The van der Waals surface area contributed by atoms with Crippen LogP contribution in [0.15, 0.2) is 16.9 Å². The Labute approximate surface area is 136 Å². The van der Waals surface area contributed by atoms with Crippen LogP contribution in [0, 0.1) is 0 Å². The molecule has 2 heterocycles. The molecule has 0 aliphatic rings. The normalized spacial score (nSPS) is 10.9. The SMILES string of the molecule is CCn1ncc(Cl)c1CN(C)C(=O)c1c(Br)cnn1CC. The molecule has 21 heavy (non-hydrogen) atoms. The summed E-state index contributed by atoms with van der Waals surface area (Å²) in [4.78, 5) is 14.2. The molecule has 0 saturated carbocycles. The Morgan fingerprint density at radius 1 is 1.29 bits per heavy atom. The van der Waals surface area contributed by atoms with E-state index in [4.69, 9.17) is 11.6 Å². The lowest BCUT2D eigenvalue weighted by molar-refractivity contribution is 0.0768. The molecule has 6 nitrogen and oxygen atoms in total. The van der Waals surface area contributed by atoms with Gasteiger partial charge in [-0.3, -0.25) is 14.2 Å². The first-order valence-corrected chi connectivity index (χ1v) is 7.83. The maximum Gasteiger partial charge on any atom is 0.273 e. The molecule has 0 N–H and O–H groups in total. The van der Waals surface area contributed by atoms with E-state index in [9.17, 15) is 4.79 Å². The van der Waals surface area contributed by atoms with Gasteiger partial charge < -0.3 is 4.90 Å². The van der Waals surface area contributed by atoms with Crippen LogP contribution in [0.4, 0.5) is 0 Å². The van der Waals surface area contributed by atoms with E-state index in [-0.39, 0.29) is 5.91 Å². The summed E-state index contributed by atoms with van der Waals surface area (Å²) in [7, 11) is 1.74. The molecule has 0 fully saturated rings. The van der Waals surface area contributed by atoms with Gasteiger partial charge in [0.15, 0.2) is 0 Å². The number of amides is 1. The van der Waals surface area contributed by atoms with Crippen LogP contribution in [0.5, 0.6) is 0 Å². The Morgan fingerprint density at radius 2 is 1.90 bits per heavy atom. The fraction of sp³-hybridized carbons (Fsp3) is 0.462. The largest absolute Gasteiger partial charge is 0.334 e. The molecule has 2 aromatic heterocycles. The first-order valence-electron chi connectivity index (χ1n) is 6.66. The van der Waals surface area contributed by atoms with E-state index in [0.29, 0.717) is 34.8 Å². The quantitative estimate of drug-likeness (QED) is 0.808. The van der Waals surface area contributed by atoms with Crippen LogP contribution in [0.1, 0.15) is 30.0 Å². The highest BCUT2D eigenvalue weighted by Gasteiger charge is 2.22. The van der Waals surface area contributed by atoms with Gasteiger partial charge in [0.25, 0.3) is 5.91 Å². The van der Waals surface area contributed by atoms with E-state index < -0.39 is 0 Å². The smallest absolute Gasteiger partial charge is 0.273 e. The van der Waals surface area contributed by atoms with E-state index >= 15 is 0 Å². The molecule has 0 saturated heterocycles. The number of halogens is 2. The molecule has 0 aliphatic heterocycles. The number of carbonyl (C=O) groups excluding carboxylic acids is 1. The number of aryl methyl sites for hydroxylation is 2. The maximum atomic E-state index is 12.6. The molecule has 0 spiro atoms. The van der Waals surface area contributed by atoms with Crippen LogP contribution in [0.3, 0.4) is 0 Å². The van der Waals surface area contributed by atoms with E-state index in [2.05, 4.69) is 26.1 Å². The molecular weight excluding hydrogens is 358 g/mol. The minimum atomic E-state index is -0.110. The lowest BCUT2D eigenvalue weighted by Crippen LogP contribution is -2.30. The number of hydrogen-bond donors (Lipinski definition) is 0. The fourth-order valence-corrected chi connectivity index (χ4v) is 2.78. The first kappa shape index (κ1) is 16.0. The van der Waals surface area contributed by atoms with E-state index in [0.717, 1.165) is 5.69 Å². The van der Waals surface area contributed by atoms with Gasteiger partial charge in [-0.2, -0.15) is 10.2 Å². The standard InChI is InChI=1S/C13H17BrClN5O/c1-4-19-11(10(15)7-17-19)8-18(3)13(21)12-9(14)6-16-20(12)5-2/h6-7H,4-5,8H2,1-3H3. The summed E-state index contributed by atoms with van der Waals surface area (Å²) in [5.41, 5.74) is 1.37. The van der Waals surface area contributed by atoms with Gasteiger partial charge in [0.2, 0.25) is 0 Å². The highest BCUT2D eigenvalue weighted by molar-refractivity contribution is 9.10. The molecule has 0 aromatic carbocycles. The average molecular weight is 375 g/mol. The Morgan fingerprint density at radius 3 is 2.52 bits per heavy atom. The predicted molar refractivity (Wildman–Crippen MR) is 84.3 cm³/mol. The second-order valence-electron chi connectivity index (χ2n) is 4.57. The van der Waals surface area contributed by atoms with Crippen LogP contribution in [-0.2, 0) is 19.6 Å². The minimum absolute atomic E-state index is 0.110. The summed E-state index contributed by atoms with van der Waals surface area (Å²) in [6, 6.07) is 0. The van der Waals surface area contributed by atoms with Gasteiger partial charge in [-0.25, -0.2) is 0 Å². The lowest BCUT2D eigenvalue weighted by Gasteiger charge is -2.19. The second-order valence-corrected chi connectivity index (χ2v) is 5.83. The van der Waals surface area contributed by atoms with Crippen molar-refractivity contribution in [3.8, 4) is 0 Å². The highest BCUT2D eigenvalue weighted by Crippen LogP contribution is 2.21. The van der Waals surface area contributed by atoms with Crippen molar-refractivity contribution in [3.63, 3.8) is 0 Å². The molecule has 0 aliphatic carbocycles. The van der Waals surface area contributed by atoms with Crippen molar-refractivity contribution < 1.29 is 4.79 Å². The molecule has 0 radical (unpaired) electrons. The number of aromatic nitrogens is 4. The summed E-state index contributed by atoms with van der Waals surface area (Å²) >= 11 is 9.51. The molecule has 1 amide bonds. The summed E-state index contributed by atoms with van der Waals surface area (Å²) in [6.07, 6.45) is 3.23. The zero-order valence-electron chi connectivity index (χ0n) is 12.2. The monoisotopic (exact) mass is 373 g/mol. The van der Waals surface area contributed by atoms with Gasteiger partial charge in [0, 0.05) is 20.1 Å². The van der Waals surface area contributed by atoms with Crippen molar-refractivity contribution in [2.75, 3.05) is 7.05 Å². The highest BCUT2D eigenvalue weighted by atomic mass is 79.9. The Kier molecular flexibility index (Phi) is 5.05. The number of rotatable bonds is 5. The minimum Gasteiger partial charge on any atom is -0.334 e. The van der Waals surface area contributed by atoms with Gasteiger partial charge in [-0.05, 0) is 29.8 Å². The van der Waals surface area contributed by atoms with Gasteiger partial charge in [0.05, 0.1) is 34.1 Å². The van der Waals surface area contributed by atoms with E-state index in [1.165, 1.54) is 0 Å². The summed E-state index contributed by atoms with van der Waals surface area (Å²) in [6.45, 7) is 5.66. The predicted octanol–water partition coefficient (Wildman–Crippen LogP) is 2.81. The average Bonchev–Trinajstić information content (AvgIpc) is 3.01. The summed E-state index contributed by atoms with van der Waals surface area (Å²) < 4.78 is 4.15. The third kappa shape index (κ3) is 3.13. The van der Waals surface area contributed by atoms with Crippen LogP contribution in [0.2, 0.25) is 5.02 Å². The second kappa shape index (κ2) is 6.62. The fourth-order valence-electron chi connectivity index (χ4n) is 2.11. The molecule has 2 aromatic rings. The van der Waals surface area contributed by atoms with Crippen molar-refractivity contribution in [2.45, 2.75) is 33.5 Å². The Hall–Kier alpha value is -1.34. The zero-order valence-corrected chi connectivity index (χ0v) is 14.5. The van der Waals surface area contributed by atoms with Crippen molar-refractivity contribution in [2.24, 2.45) is 0 Å². The molecular formula is C13H17BrClN5O. The molecule has 8 heteroatoms. The van der Waals surface area contributed by atoms with Gasteiger partial charge in [-0.1, -0.05) is 11.6 Å². The molecule has 2 rings (SSSR count). The zero-order chi connectivity index (χ0) is 15.6. The molecule has 0 atom stereocenters. The number of hydrogen-bond acceptors (Lipinski definition) is 3.